The first-order chi connectivity index (χ1) is 10.1. The number of benzene rings is 1. The second kappa shape index (κ2) is 4.53. The van der Waals surface area contributed by atoms with Crippen molar-refractivity contribution in [2.24, 2.45) is 7.05 Å². The monoisotopic (exact) mass is 301 g/mol. The normalized spacial score (nSPS) is 14.8. The van der Waals surface area contributed by atoms with Gasteiger partial charge in [-0.1, -0.05) is 23.7 Å². The zero-order valence-corrected chi connectivity index (χ0v) is 12.2. The first-order valence-electron chi connectivity index (χ1n) is 6.92. The van der Waals surface area contributed by atoms with E-state index in [1.807, 2.05) is 29.9 Å². The van der Waals surface area contributed by atoms with Crippen LogP contribution < -0.4 is 0 Å². The van der Waals surface area contributed by atoms with Crippen molar-refractivity contribution in [3.8, 4) is 11.1 Å². The molecule has 0 unspecified atom stereocenters. The molecule has 3 nitrogen and oxygen atoms in total. The lowest BCUT2D eigenvalue weighted by atomic mass is 9.99. The van der Waals surface area contributed by atoms with Crippen LogP contribution >= 0.6 is 11.6 Å². The fourth-order valence-electron chi connectivity index (χ4n) is 2.94. The van der Waals surface area contributed by atoms with Crippen molar-refractivity contribution in [3.05, 3.63) is 47.1 Å². The minimum Gasteiger partial charge on any atom is -0.271 e. The maximum atomic E-state index is 14.2. The molecule has 1 aliphatic carbocycles. The van der Waals surface area contributed by atoms with Crippen LogP contribution in [0.25, 0.3) is 22.0 Å². The number of fused-ring (bicyclic) bond motifs is 1. The van der Waals surface area contributed by atoms with Crippen LogP contribution in [0.5, 0.6) is 0 Å². The Morgan fingerprint density at radius 3 is 2.86 bits per heavy atom. The molecule has 1 aliphatic rings. The Kier molecular flexibility index (Phi) is 2.76. The van der Waals surface area contributed by atoms with E-state index in [0.717, 1.165) is 16.5 Å². The molecule has 0 atom stereocenters. The largest absolute Gasteiger partial charge is 0.271 e. The molecule has 0 bridgehead atoms. The molecule has 1 aromatic carbocycles. The van der Waals surface area contributed by atoms with Gasteiger partial charge >= 0.3 is 0 Å². The quantitative estimate of drug-likeness (QED) is 0.661. The van der Waals surface area contributed by atoms with Gasteiger partial charge in [-0.05, 0) is 30.5 Å². The van der Waals surface area contributed by atoms with Crippen molar-refractivity contribution in [3.63, 3.8) is 0 Å². The first-order valence-corrected chi connectivity index (χ1v) is 7.30. The summed E-state index contributed by atoms with van der Waals surface area (Å²) in [6, 6.07) is 7.36. The summed E-state index contributed by atoms with van der Waals surface area (Å²) in [5.41, 5.74) is 3.40. The number of hydrogen-bond acceptors (Lipinski definition) is 2. The summed E-state index contributed by atoms with van der Waals surface area (Å²) < 4.78 is 16.1. The van der Waals surface area contributed by atoms with Gasteiger partial charge in [0.1, 0.15) is 11.0 Å². The molecule has 1 saturated carbocycles. The number of nitrogens with zero attached hydrogens (tertiary/aromatic N) is 3. The van der Waals surface area contributed by atoms with Gasteiger partial charge in [0.25, 0.3) is 0 Å². The summed E-state index contributed by atoms with van der Waals surface area (Å²) >= 11 is 5.94. The third-order valence-corrected chi connectivity index (χ3v) is 4.19. The van der Waals surface area contributed by atoms with Gasteiger partial charge in [-0.15, -0.1) is 0 Å². The van der Waals surface area contributed by atoms with E-state index in [0.29, 0.717) is 16.6 Å². The van der Waals surface area contributed by atoms with Crippen molar-refractivity contribution in [2.45, 2.75) is 18.8 Å². The molecule has 5 heteroatoms. The third kappa shape index (κ3) is 2.02. The molecule has 1 fully saturated rings. The van der Waals surface area contributed by atoms with E-state index >= 15 is 0 Å². The summed E-state index contributed by atoms with van der Waals surface area (Å²) in [6.07, 6.45) is 3.51. The highest BCUT2D eigenvalue weighted by molar-refractivity contribution is 6.29. The molecule has 0 radical (unpaired) electrons. The second-order valence-corrected chi connectivity index (χ2v) is 5.86. The average Bonchev–Trinajstić information content (AvgIpc) is 3.23. The van der Waals surface area contributed by atoms with Gasteiger partial charge in [-0.25, -0.2) is 9.37 Å². The standard InChI is InChI=1S/C16H13ClFN3/c1-21-16(9-5-6-9)15-10(3-2-4-13(15)20-21)11-7-14(17)19-8-12(11)18/h2-4,7-9H,5-6H2,1H3. The highest BCUT2D eigenvalue weighted by Gasteiger charge is 2.30. The first kappa shape index (κ1) is 12.8. The molecule has 0 N–H and O–H groups in total. The van der Waals surface area contributed by atoms with Gasteiger partial charge in [-0.2, -0.15) is 5.10 Å². The van der Waals surface area contributed by atoms with E-state index in [9.17, 15) is 4.39 Å². The minimum absolute atomic E-state index is 0.292. The van der Waals surface area contributed by atoms with E-state index in [2.05, 4.69) is 10.1 Å². The molecule has 2 heterocycles. The molecule has 0 aliphatic heterocycles. The van der Waals surface area contributed by atoms with Gasteiger partial charge in [0.2, 0.25) is 0 Å². The van der Waals surface area contributed by atoms with Crippen molar-refractivity contribution in [1.82, 2.24) is 14.8 Å². The maximum Gasteiger partial charge on any atom is 0.149 e. The number of rotatable bonds is 2. The Morgan fingerprint density at radius 2 is 2.10 bits per heavy atom. The molecule has 21 heavy (non-hydrogen) atoms. The number of pyridine rings is 1. The lowest BCUT2D eigenvalue weighted by Crippen LogP contribution is -1.96. The zero-order chi connectivity index (χ0) is 14.6. The summed E-state index contributed by atoms with van der Waals surface area (Å²) in [6.45, 7) is 0. The fraction of sp³-hybridized carbons (Fsp3) is 0.250. The van der Waals surface area contributed by atoms with Crippen LogP contribution in [-0.2, 0) is 7.05 Å². The van der Waals surface area contributed by atoms with Crippen LogP contribution in [0.1, 0.15) is 24.5 Å². The van der Waals surface area contributed by atoms with Crippen molar-refractivity contribution >= 4 is 22.5 Å². The summed E-state index contributed by atoms with van der Waals surface area (Å²) in [4.78, 5) is 3.79. The summed E-state index contributed by atoms with van der Waals surface area (Å²) in [5.74, 6) is 0.166. The fourth-order valence-corrected chi connectivity index (χ4v) is 3.10. The van der Waals surface area contributed by atoms with Crippen LogP contribution in [0.2, 0.25) is 5.15 Å². The summed E-state index contributed by atoms with van der Waals surface area (Å²) in [5, 5.41) is 5.88. The van der Waals surface area contributed by atoms with Gasteiger partial charge in [-0.3, -0.25) is 4.68 Å². The van der Waals surface area contributed by atoms with E-state index in [-0.39, 0.29) is 5.82 Å². The van der Waals surface area contributed by atoms with E-state index in [4.69, 9.17) is 11.6 Å². The van der Waals surface area contributed by atoms with E-state index in [1.54, 1.807) is 6.07 Å². The Bertz CT molecular complexity index is 852. The molecular formula is C16H13ClFN3. The van der Waals surface area contributed by atoms with Crippen LogP contribution in [-0.4, -0.2) is 14.8 Å². The van der Waals surface area contributed by atoms with Gasteiger partial charge < -0.3 is 0 Å². The lowest BCUT2D eigenvalue weighted by molar-refractivity contribution is 0.625. The van der Waals surface area contributed by atoms with Crippen molar-refractivity contribution < 1.29 is 4.39 Å². The molecule has 3 aromatic rings. The highest BCUT2D eigenvalue weighted by Crippen LogP contribution is 2.45. The van der Waals surface area contributed by atoms with E-state index < -0.39 is 0 Å². The highest BCUT2D eigenvalue weighted by atomic mass is 35.5. The minimum atomic E-state index is -0.363. The van der Waals surface area contributed by atoms with E-state index in [1.165, 1.54) is 24.7 Å². The molecule has 0 spiro atoms. The molecule has 106 valence electrons. The predicted molar refractivity (Wildman–Crippen MR) is 80.9 cm³/mol. The maximum absolute atomic E-state index is 14.2. The molecule has 2 aromatic heterocycles. The van der Waals surface area contributed by atoms with Crippen molar-refractivity contribution in [2.75, 3.05) is 0 Å². The van der Waals surface area contributed by atoms with Crippen LogP contribution in [0.4, 0.5) is 4.39 Å². The summed E-state index contributed by atoms with van der Waals surface area (Å²) in [7, 11) is 1.95. The third-order valence-electron chi connectivity index (χ3n) is 3.98. The predicted octanol–water partition coefficient (Wildman–Crippen LogP) is 4.31. The SMILES string of the molecule is Cn1nc2cccc(-c3cc(Cl)ncc3F)c2c1C1CC1. The van der Waals surface area contributed by atoms with Crippen molar-refractivity contribution in [1.29, 1.82) is 0 Å². The topological polar surface area (TPSA) is 30.7 Å². The zero-order valence-electron chi connectivity index (χ0n) is 11.5. The Labute approximate surface area is 126 Å². The Hall–Kier alpha value is -1.94. The number of hydrogen-bond donors (Lipinski definition) is 0. The van der Waals surface area contributed by atoms with Gasteiger partial charge in [0.05, 0.1) is 11.7 Å². The average molecular weight is 302 g/mol. The molecular weight excluding hydrogens is 289 g/mol. The van der Waals surface area contributed by atoms with Crippen LogP contribution in [0, 0.1) is 5.82 Å². The van der Waals surface area contributed by atoms with Gasteiger partial charge in [0.15, 0.2) is 0 Å². The second-order valence-electron chi connectivity index (χ2n) is 5.47. The molecule has 0 saturated heterocycles. The number of halogens is 2. The molecule has 0 amide bonds. The Balaban J connectivity index is 2.06. The lowest BCUT2D eigenvalue weighted by Gasteiger charge is -2.07. The number of aryl methyl sites for hydroxylation is 1. The Morgan fingerprint density at radius 1 is 1.29 bits per heavy atom. The van der Waals surface area contributed by atoms with Crippen LogP contribution in [0.15, 0.2) is 30.5 Å². The molecule has 4 rings (SSSR count). The number of aromatic nitrogens is 3. The van der Waals surface area contributed by atoms with Gasteiger partial charge in [0, 0.05) is 29.6 Å². The van der Waals surface area contributed by atoms with Crippen LogP contribution in [0.3, 0.4) is 0 Å². The smallest absolute Gasteiger partial charge is 0.149 e.